The van der Waals surface area contributed by atoms with Gasteiger partial charge in [0.2, 0.25) is 0 Å². The summed E-state index contributed by atoms with van der Waals surface area (Å²) in [5.41, 5.74) is 6.41. The molecule has 0 aliphatic heterocycles. The molecule has 1 saturated carbocycles. The van der Waals surface area contributed by atoms with Crippen molar-refractivity contribution in [1.82, 2.24) is 4.90 Å². The Kier molecular flexibility index (Phi) is 5.39. The molecule has 114 valence electrons. The lowest BCUT2D eigenvalue weighted by atomic mass is 9.89. The molecule has 0 heterocycles. The summed E-state index contributed by atoms with van der Waals surface area (Å²) in [7, 11) is 0. The number of hydrogen-bond donors (Lipinski definition) is 1. The van der Waals surface area contributed by atoms with Gasteiger partial charge in [-0.3, -0.25) is 0 Å². The number of nitrogens with zero attached hydrogens (tertiary/aromatic N) is 2. The van der Waals surface area contributed by atoms with E-state index in [9.17, 15) is 5.26 Å². The molecule has 0 amide bonds. The van der Waals surface area contributed by atoms with Crippen molar-refractivity contribution in [3.63, 3.8) is 0 Å². The van der Waals surface area contributed by atoms with E-state index in [1.165, 1.54) is 19.3 Å². The van der Waals surface area contributed by atoms with Gasteiger partial charge in [0.15, 0.2) is 0 Å². The van der Waals surface area contributed by atoms with Gasteiger partial charge in [0.25, 0.3) is 0 Å². The Morgan fingerprint density at radius 2 is 1.95 bits per heavy atom. The molecule has 3 heteroatoms. The summed E-state index contributed by atoms with van der Waals surface area (Å²) in [6.45, 7) is 6.56. The van der Waals surface area contributed by atoms with Gasteiger partial charge in [0.05, 0.1) is 6.07 Å². The van der Waals surface area contributed by atoms with E-state index in [2.05, 4.69) is 24.8 Å². The van der Waals surface area contributed by atoms with Gasteiger partial charge in [-0.15, -0.1) is 0 Å². The molecule has 0 bridgehead atoms. The largest absolute Gasteiger partial charge is 0.310 e. The summed E-state index contributed by atoms with van der Waals surface area (Å²) in [6.07, 6.45) is 4.51. The molecule has 0 spiro atoms. The Balaban J connectivity index is 1.96. The van der Waals surface area contributed by atoms with Crippen LogP contribution in [0.25, 0.3) is 0 Å². The van der Waals surface area contributed by atoms with Gasteiger partial charge in [0, 0.05) is 12.6 Å². The van der Waals surface area contributed by atoms with Gasteiger partial charge in [-0.1, -0.05) is 44.2 Å². The highest BCUT2D eigenvalue weighted by molar-refractivity contribution is 5.30. The highest BCUT2D eigenvalue weighted by Gasteiger charge is 2.32. The molecular formula is C18H27N3. The summed E-state index contributed by atoms with van der Waals surface area (Å²) in [5.74, 6) is 0.721. The first-order valence-corrected chi connectivity index (χ1v) is 8.05. The van der Waals surface area contributed by atoms with E-state index in [1.54, 1.807) is 0 Å². The molecule has 1 atom stereocenters. The molecule has 21 heavy (non-hydrogen) atoms. The molecule has 0 saturated heterocycles. The zero-order valence-corrected chi connectivity index (χ0v) is 13.3. The zero-order chi connectivity index (χ0) is 15.3. The Hall–Kier alpha value is -1.37. The molecule has 1 aliphatic rings. The van der Waals surface area contributed by atoms with Crippen LogP contribution < -0.4 is 5.73 Å². The van der Waals surface area contributed by atoms with E-state index in [0.29, 0.717) is 6.42 Å². The van der Waals surface area contributed by atoms with E-state index in [0.717, 1.165) is 30.6 Å². The smallest absolute Gasteiger partial charge is 0.131 e. The number of benzene rings is 1. The minimum absolute atomic E-state index is 0.697. The summed E-state index contributed by atoms with van der Waals surface area (Å²) in [4.78, 5) is 2.53. The molecule has 1 aromatic carbocycles. The van der Waals surface area contributed by atoms with Gasteiger partial charge < -0.3 is 10.6 Å². The zero-order valence-electron chi connectivity index (χ0n) is 13.3. The molecular weight excluding hydrogens is 258 g/mol. The fourth-order valence-electron chi connectivity index (χ4n) is 2.66. The number of hydrogen-bond acceptors (Lipinski definition) is 3. The summed E-state index contributed by atoms with van der Waals surface area (Å²) in [5, 5.41) is 9.53. The monoisotopic (exact) mass is 285 g/mol. The third kappa shape index (κ3) is 4.56. The van der Waals surface area contributed by atoms with Crippen molar-refractivity contribution in [2.75, 3.05) is 13.1 Å². The SMILES string of the molecule is CC(C)CCN(CCC(N)(C#N)c1ccccc1)C1CC1. The van der Waals surface area contributed by atoms with Crippen molar-refractivity contribution in [3.05, 3.63) is 35.9 Å². The third-order valence-corrected chi connectivity index (χ3v) is 4.34. The Morgan fingerprint density at radius 3 is 2.48 bits per heavy atom. The minimum Gasteiger partial charge on any atom is -0.310 e. The van der Waals surface area contributed by atoms with Crippen molar-refractivity contribution >= 4 is 0 Å². The predicted molar refractivity (Wildman–Crippen MR) is 86.6 cm³/mol. The highest BCUT2D eigenvalue weighted by atomic mass is 15.2. The molecule has 1 fully saturated rings. The molecule has 1 unspecified atom stereocenters. The standard InChI is InChI=1S/C18H27N3/c1-15(2)10-12-21(17-8-9-17)13-11-18(20,14-19)16-6-4-3-5-7-16/h3-7,15,17H,8-13,20H2,1-2H3. The summed E-state index contributed by atoms with van der Waals surface area (Å²) in [6, 6.07) is 12.8. The van der Waals surface area contributed by atoms with Crippen molar-refractivity contribution in [2.45, 2.75) is 51.1 Å². The van der Waals surface area contributed by atoms with Gasteiger partial charge in [-0.05, 0) is 43.7 Å². The van der Waals surface area contributed by atoms with Gasteiger partial charge in [-0.25, -0.2) is 0 Å². The second-order valence-corrected chi connectivity index (χ2v) is 6.65. The number of rotatable bonds is 8. The van der Waals surface area contributed by atoms with Crippen LogP contribution in [0.2, 0.25) is 0 Å². The fraction of sp³-hybridized carbons (Fsp3) is 0.611. The average Bonchev–Trinajstić information content (AvgIpc) is 3.32. The second-order valence-electron chi connectivity index (χ2n) is 6.65. The van der Waals surface area contributed by atoms with Crippen LogP contribution in [0.4, 0.5) is 0 Å². The quantitative estimate of drug-likeness (QED) is 0.797. The Labute approximate surface area is 128 Å². The minimum atomic E-state index is -0.869. The predicted octanol–water partition coefficient (Wildman–Crippen LogP) is 3.26. The molecule has 1 aromatic rings. The maximum Gasteiger partial charge on any atom is 0.131 e. The third-order valence-electron chi connectivity index (χ3n) is 4.34. The summed E-state index contributed by atoms with van der Waals surface area (Å²) >= 11 is 0. The van der Waals surface area contributed by atoms with E-state index < -0.39 is 5.54 Å². The molecule has 0 radical (unpaired) electrons. The summed E-state index contributed by atoms with van der Waals surface area (Å²) < 4.78 is 0. The Bertz CT molecular complexity index is 473. The maximum atomic E-state index is 9.53. The Morgan fingerprint density at radius 1 is 1.29 bits per heavy atom. The lowest BCUT2D eigenvalue weighted by Gasteiger charge is -2.28. The second kappa shape index (κ2) is 7.06. The molecule has 0 aromatic heterocycles. The van der Waals surface area contributed by atoms with Gasteiger partial charge in [-0.2, -0.15) is 5.26 Å². The van der Waals surface area contributed by atoms with E-state index in [1.807, 2.05) is 30.3 Å². The van der Waals surface area contributed by atoms with Crippen LogP contribution in [0.5, 0.6) is 0 Å². The normalized spacial score (nSPS) is 17.7. The van der Waals surface area contributed by atoms with Crippen LogP contribution in [0.3, 0.4) is 0 Å². The topological polar surface area (TPSA) is 53.0 Å². The van der Waals surface area contributed by atoms with Crippen LogP contribution >= 0.6 is 0 Å². The first kappa shape index (κ1) is 16.0. The maximum absolute atomic E-state index is 9.53. The van der Waals surface area contributed by atoms with Crippen LogP contribution in [0.1, 0.15) is 45.1 Å². The molecule has 2 rings (SSSR count). The molecule has 2 N–H and O–H groups in total. The van der Waals surface area contributed by atoms with Crippen molar-refractivity contribution in [2.24, 2.45) is 11.7 Å². The molecule has 3 nitrogen and oxygen atoms in total. The van der Waals surface area contributed by atoms with Gasteiger partial charge in [0.1, 0.15) is 5.54 Å². The first-order chi connectivity index (χ1) is 10.0. The van der Waals surface area contributed by atoms with Crippen LogP contribution in [-0.2, 0) is 5.54 Å². The van der Waals surface area contributed by atoms with E-state index in [4.69, 9.17) is 5.73 Å². The lowest BCUT2D eigenvalue weighted by molar-refractivity contribution is 0.230. The highest BCUT2D eigenvalue weighted by Crippen LogP contribution is 2.29. The van der Waals surface area contributed by atoms with Crippen LogP contribution in [-0.4, -0.2) is 24.0 Å². The van der Waals surface area contributed by atoms with Crippen LogP contribution in [0, 0.1) is 17.2 Å². The van der Waals surface area contributed by atoms with Crippen molar-refractivity contribution in [3.8, 4) is 6.07 Å². The van der Waals surface area contributed by atoms with Crippen molar-refractivity contribution < 1.29 is 0 Å². The van der Waals surface area contributed by atoms with Gasteiger partial charge >= 0.3 is 0 Å². The average molecular weight is 285 g/mol. The molecule has 1 aliphatic carbocycles. The first-order valence-electron chi connectivity index (χ1n) is 8.05. The number of nitrogens with two attached hydrogens (primary N) is 1. The van der Waals surface area contributed by atoms with E-state index >= 15 is 0 Å². The lowest BCUT2D eigenvalue weighted by Crippen LogP contribution is -2.40. The number of nitriles is 1. The van der Waals surface area contributed by atoms with Crippen LogP contribution in [0.15, 0.2) is 30.3 Å². The van der Waals surface area contributed by atoms with Crippen molar-refractivity contribution in [1.29, 1.82) is 5.26 Å². The fourth-order valence-corrected chi connectivity index (χ4v) is 2.66. The van der Waals surface area contributed by atoms with E-state index in [-0.39, 0.29) is 0 Å².